The maximum Gasteiger partial charge on any atom is 0.339 e. The summed E-state index contributed by atoms with van der Waals surface area (Å²) < 4.78 is 31.3. The number of hydrogen-bond acceptors (Lipinski definition) is 4. The van der Waals surface area contributed by atoms with Crippen LogP contribution in [0.25, 0.3) is 0 Å². The molecule has 0 fully saturated rings. The van der Waals surface area contributed by atoms with Gasteiger partial charge in [-0.15, -0.1) is 0 Å². The second-order valence-electron chi connectivity index (χ2n) is 6.46. The Morgan fingerprint density at radius 2 is 1.37 bits per heavy atom. The Hall–Kier alpha value is -2.92. The summed E-state index contributed by atoms with van der Waals surface area (Å²) in [4.78, 5) is 12.9. The molecule has 0 aromatic heterocycles. The van der Waals surface area contributed by atoms with Crippen LogP contribution in [0.1, 0.15) is 32.6 Å². The van der Waals surface area contributed by atoms with Crippen LogP contribution in [-0.2, 0) is 10.1 Å². The molecule has 0 aliphatic carbocycles. The van der Waals surface area contributed by atoms with E-state index >= 15 is 0 Å². The monoisotopic (exact) mass is 380 g/mol. The first-order valence-corrected chi connectivity index (χ1v) is 9.91. The molecule has 0 aliphatic heterocycles. The predicted molar refractivity (Wildman–Crippen MR) is 105 cm³/mol. The standard InChI is InChI=1S/C22H20O4S/c1-15-13-16(2)22(17(3)14-15)27(24,25)26-20-12-8-7-11-19(20)21(23)18-9-5-4-6-10-18/h4-14H,1-3H3. The SMILES string of the molecule is Cc1cc(C)c(S(=O)(=O)Oc2ccccc2C(=O)c2ccccc2)c(C)c1. The van der Waals surface area contributed by atoms with Crippen molar-refractivity contribution < 1.29 is 17.4 Å². The molecule has 3 aromatic rings. The van der Waals surface area contributed by atoms with E-state index in [1.54, 1.807) is 68.4 Å². The molecule has 0 aliphatic rings. The van der Waals surface area contributed by atoms with E-state index in [1.165, 1.54) is 6.07 Å². The number of ketones is 1. The van der Waals surface area contributed by atoms with E-state index in [4.69, 9.17) is 4.18 Å². The van der Waals surface area contributed by atoms with Crippen LogP contribution >= 0.6 is 0 Å². The van der Waals surface area contributed by atoms with Gasteiger partial charge in [0.1, 0.15) is 4.90 Å². The third-order valence-electron chi connectivity index (χ3n) is 4.22. The van der Waals surface area contributed by atoms with Gasteiger partial charge in [-0.25, -0.2) is 0 Å². The van der Waals surface area contributed by atoms with E-state index < -0.39 is 10.1 Å². The lowest BCUT2D eigenvalue weighted by Crippen LogP contribution is -2.15. The van der Waals surface area contributed by atoms with E-state index in [-0.39, 0.29) is 22.0 Å². The average molecular weight is 380 g/mol. The van der Waals surface area contributed by atoms with E-state index in [0.717, 1.165) is 5.56 Å². The Balaban J connectivity index is 2.03. The lowest BCUT2D eigenvalue weighted by Gasteiger charge is -2.14. The molecule has 3 aromatic carbocycles. The quantitative estimate of drug-likeness (QED) is 0.479. The van der Waals surface area contributed by atoms with Crippen molar-refractivity contribution in [3.63, 3.8) is 0 Å². The summed E-state index contributed by atoms with van der Waals surface area (Å²) in [7, 11) is -4.08. The second kappa shape index (κ2) is 7.37. The van der Waals surface area contributed by atoms with E-state index in [0.29, 0.717) is 16.7 Å². The predicted octanol–water partition coefficient (Wildman–Crippen LogP) is 4.61. The molecule has 138 valence electrons. The van der Waals surface area contributed by atoms with Gasteiger partial charge in [0.15, 0.2) is 11.5 Å². The minimum absolute atomic E-state index is 0.0192. The zero-order valence-electron chi connectivity index (χ0n) is 15.4. The molecule has 0 atom stereocenters. The highest BCUT2D eigenvalue weighted by molar-refractivity contribution is 7.87. The van der Waals surface area contributed by atoms with Crippen LogP contribution in [0.2, 0.25) is 0 Å². The van der Waals surface area contributed by atoms with Crippen molar-refractivity contribution in [2.75, 3.05) is 0 Å². The van der Waals surface area contributed by atoms with Gasteiger partial charge in [-0.1, -0.05) is 60.2 Å². The van der Waals surface area contributed by atoms with Gasteiger partial charge in [-0.05, 0) is 44.0 Å². The topological polar surface area (TPSA) is 60.4 Å². The highest BCUT2D eigenvalue weighted by Gasteiger charge is 2.25. The van der Waals surface area contributed by atoms with Crippen LogP contribution in [0, 0.1) is 20.8 Å². The fourth-order valence-electron chi connectivity index (χ4n) is 3.19. The van der Waals surface area contributed by atoms with Crippen LogP contribution in [0.15, 0.2) is 71.6 Å². The van der Waals surface area contributed by atoms with Gasteiger partial charge in [-0.3, -0.25) is 4.79 Å². The minimum Gasteiger partial charge on any atom is -0.378 e. The van der Waals surface area contributed by atoms with Gasteiger partial charge in [0.05, 0.1) is 5.56 Å². The van der Waals surface area contributed by atoms with Crippen molar-refractivity contribution in [2.45, 2.75) is 25.7 Å². The Labute approximate surface area is 159 Å². The molecular weight excluding hydrogens is 360 g/mol. The molecule has 0 unspecified atom stereocenters. The lowest BCUT2D eigenvalue weighted by atomic mass is 10.0. The van der Waals surface area contributed by atoms with Gasteiger partial charge in [-0.2, -0.15) is 8.42 Å². The summed E-state index contributed by atoms with van der Waals surface area (Å²) in [5.41, 5.74) is 2.87. The van der Waals surface area contributed by atoms with Crippen LogP contribution in [0.4, 0.5) is 0 Å². The maximum atomic E-state index is 12.9. The molecule has 3 rings (SSSR count). The fraction of sp³-hybridized carbons (Fsp3) is 0.136. The van der Waals surface area contributed by atoms with Crippen molar-refractivity contribution >= 4 is 15.9 Å². The Morgan fingerprint density at radius 3 is 2.00 bits per heavy atom. The highest BCUT2D eigenvalue weighted by atomic mass is 32.2. The zero-order valence-corrected chi connectivity index (χ0v) is 16.2. The molecule has 27 heavy (non-hydrogen) atoms. The Morgan fingerprint density at radius 1 is 0.815 bits per heavy atom. The molecular formula is C22H20O4S. The van der Waals surface area contributed by atoms with Crippen LogP contribution in [0.3, 0.4) is 0 Å². The van der Waals surface area contributed by atoms with Crippen molar-refractivity contribution in [3.05, 3.63) is 94.5 Å². The van der Waals surface area contributed by atoms with Crippen molar-refractivity contribution in [3.8, 4) is 5.75 Å². The molecule has 0 amide bonds. The normalized spacial score (nSPS) is 11.2. The largest absolute Gasteiger partial charge is 0.378 e. The molecule has 0 saturated heterocycles. The zero-order chi connectivity index (χ0) is 19.6. The number of para-hydroxylation sites is 1. The second-order valence-corrected chi connectivity index (χ2v) is 7.94. The van der Waals surface area contributed by atoms with Gasteiger partial charge in [0, 0.05) is 5.56 Å². The molecule has 5 heteroatoms. The van der Waals surface area contributed by atoms with Crippen LogP contribution in [0.5, 0.6) is 5.75 Å². The summed E-state index contributed by atoms with van der Waals surface area (Å²) >= 11 is 0. The Kier molecular flexibility index (Phi) is 5.15. The summed E-state index contributed by atoms with van der Waals surface area (Å²) in [5.74, 6) is -0.274. The van der Waals surface area contributed by atoms with Crippen LogP contribution in [-0.4, -0.2) is 14.2 Å². The molecule has 0 saturated carbocycles. The van der Waals surface area contributed by atoms with Gasteiger partial charge in [0.2, 0.25) is 0 Å². The average Bonchev–Trinajstić information content (AvgIpc) is 2.61. The third kappa shape index (κ3) is 3.93. The van der Waals surface area contributed by atoms with Gasteiger partial charge in [0.25, 0.3) is 0 Å². The summed E-state index contributed by atoms with van der Waals surface area (Å²) in [5, 5.41) is 0. The highest BCUT2D eigenvalue weighted by Crippen LogP contribution is 2.28. The summed E-state index contributed by atoms with van der Waals surface area (Å²) in [6, 6.07) is 18.7. The fourth-order valence-corrected chi connectivity index (χ4v) is 4.56. The summed E-state index contributed by atoms with van der Waals surface area (Å²) in [6.45, 7) is 5.37. The third-order valence-corrected chi connectivity index (χ3v) is 5.76. The van der Waals surface area contributed by atoms with Gasteiger partial charge >= 0.3 is 10.1 Å². The first-order chi connectivity index (χ1) is 12.8. The molecule has 0 bridgehead atoms. The van der Waals surface area contributed by atoms with Gasteiger partial charge < -0.3 is 4.18 Å². The lowest BCUT2D eigenvalue weighted by molar-refractivity contribution is 0.103. The smallest absolute Gasteiger partial charge is 0.339 e. The van der Waals surface area contributed by atoms with Crippen LogP contribution < -0.4 is 4.18 Å². The number of rotatable bonds is 5. The molecule has 4 nitrogen and oxygen atoms in total. The van der Waals surface area contributed by atoms with E-state index in [9.17, 15) is 13.2 Å². The number of hydrogen-bond donors (Lipinski definition) is 0. The maximum absolute atomic E-state index is 12.9. The molecule has 0 radical (unpaired) electrons. The van der Waals surface area contributed by atoms with E-state index in [2.05, 4.69) is 0 Å². The first-order valence-electron chi connectivity index (χ1n) is 8.51. The number of carbonyl (C=O) groups excluding carboxylic acids is 1. The molecule has 0 N–H and O–H groups in total. The molecule has 0 spiro atoms. The molecule has 0 heterocycles. The van der Waals surface area contributed by atoms with Crippen molar-refractivity contribution in [1.82, 2.24) is 0 Å². The van der Waals surface area contributed by atoms with Crippen molar-refractivity contribution in [2.24, 2.45) is 0 Å². The van der Waals surface area contributed by atoms with Crippen molar-refractivity contribution in [1.29, 1.82) is 0 Å². The minimum atomic E-state index is -4.08. The number of benzene rings is 3. The first kappa shape index (κ1) is 18.9. The number of aryl methyl sites for hydroxylation is 3. The Bertz CT molecular complexity index is 1080. The van der Waals surface area contributed by atoms with E-state index in [1.807, 2.05) is 13.0 Å². The summed E-state index contributed by atoms with van der Waals surface area (Å²) in [6.07, 6.45) is 0. The number of carbonyl (C=O) groups is 1.